The van der Waals surface area contributed by atoms with Crippen molar-refractivity contribution in [2.45, 2.75) is 32.4 Å². The highest BCUT2D eigenvalue weighted by atomic mass is 19.1. The minimum absolute atomic E-state index is 0.00879. The number of benzene rings is 2. The summed E-state index contributed by atoms with van der Waals surface area (Å²) in [5, 5.41) is 2.65. The molecule has 0 aromatic heterocycles. The van der Waals surface area contributed by atoms with Crippen LogP contribution in [0, 0.1) is 12.7 Å². The van der Waals surface area contributed by atoms with Gasteiger partial charge in [-0.3, -0.25) is 9.59 Å². The SMILES string of the molecule is Cc1cc(F)ccc1NC(=O)[C@H]1CCC(=O)N1C(=O)OCc1ccccc1. The average Bonchev–Trinajstić information content (AvgIpc) is 3.04. The number of imide groups is 1. The van der Waals surface area contributed by atoms with Crippen LogP contribution < -0.4 is 5.32 Å². The highest BCUT2D eigenvalue weighted by Gasteiger charge is 2.41. The normalized spacial score (nSPS) is 16.3. The minimum Gasteiger partial charge on any atom is -0.444 e. The highest BCUT2D eigenvalue weighted by molar-refractivity contribution is 6.04. The monoisotopic (exact) mass is 370 g/mol. The Morgan fingerprint density at radius 3 is 2.67 bits per heavy atom. The summed E-state index contributed by atoms with van der Waals surface area (Å²) in [6.45, 7) is 1.67. The molecule has 6 nitrogen and oxygen atoms in total. The van der Waals surface area contributed by atoms with Gasteiger partial charge in [0.1, 0.15) is 18.5 Å². The molecule has 1 aliphatic heterocycles. The zero-order chi connectivity index (χ0) is 19.4. The van der Waals surface area contributed by atoms with Crippen LogP contribution in [-0.2, 0) is 20.9 Å². The molecular weight excluding hydrogens is 351 g/mol. The number of anilines is 1. The van der Waals surface area contributed by atoms with Crippen LogP contribution in [-0.4, -0.2) is 28.8 Å². The Hall–Kier alpha value is -3.22. The molecule has 0 spiro atoms. The van der Waals surface area contributed by atoms with Crippen LogP contribution in [0.1, 0.15) is 24.0 Å². The summed E-state index contributed by atoms with van der Waals surface area (Å²) < 4.78 is 18.4. The molecule has 1 aliphatic rings. The van der Waals surface area contributed by atoms with Crippen molar-refractivity contribution < 1.29 is 23.5 Å². The Bertz CT molecular complexity index is 870. The van der Waals surface area contributed by atoms with Crippen molar-refractivity contribution in [3.8, 4) is 0 Å². The number of carbonyl (C=O) groups is 3. The summed E-state index contributed by atoms with van der Waals surface area (Å²) in [4.78, 5) is 37.9. The molecule has 2 aromatic carbocycles. The van der Waals surface area contributed by atoms with E-state index in [0.29, 0.717) is 11.3 Å². The summed E-state index contributed by atoms with van der Waals surface area (Å²) in [6.07, 6.45) is -0.552. The second-order valence-electron chi connectivity index (χ2n) is 6.31. The third-order valence-corrected chi connectivity index (χ3v) is 4.36. The maximum absolute atomic E-state index is 13.2. The molecule has 7 heteroatoms. The topological polar surface area (TPSA) is 75.7 Å². The molecule has 3 rings (SSSR count). The molecular formula is C20H19FN2O4. The van der Waals surface area contributed by atoms with Crippen LogP contribution in [0.4, 0.5) is 14.9 Å². The molecule has 2 aromatic rings. The van der Waals surface area contributed by atoms with Gasteiger partial charge in [0.2, 0.25) is 11.8 Å². The number of hydrogen-bond acceptors (Lipinski definition) is 4. The standard InChI is InChI=1S/C20H19FN2O4/c1-13-11-15(21)7-8-16(13)22-19(25)17-9-10-18(24)23(17)20(26)27-12-14-5-3-2-4-6-14/h2-8,11,17H,9-10,12H2,1H3,(H,22,25)/t17-/m1/s1. The molecule has 0 bridgehead atoms. The number of nitrogens with one attached hydrogen (secondary N) is 1. The van der Waals surface area contributed by atoms with E-state index >= 15 is 0 Å². The van der Waals surface area contributed by atoms with Gasteiger partial charge in [0.15, 0.2) is 0 Å². The highest BCUT2D eigenvalue weighted by Crippen LogP contribution is 2.23. The van der Waals surface area contributed by atoms with Gasteiger partial charge in [-0.1, -0.05) is 30.3 Å². The van der Waals surface area contributed by atoms with Crippen molar-refractivity contribution in [2.75, 3.05) is 5.32 Å². The van der Waals surface area contributed by atoms with Gasteiger partial charge in [-0.25, -0.2) is 14.1 Å². The lowest BCUT2D eigenvalue weighted by molar-refractivity contribution is -0.131. The molecule has 1 saturated heterocycles. The first kappa shape index (κ1) is 18.6. The van der Waals surface area contributed by atoms with Crippen LogP contribution in [0.3, 0.4) is 0 Å². The molecule has 140 valence electrons. The van der Waals surface area contributed by atoms with Gasteiger partial charge < -0.3 is 10.1 Å². The minimum atomic E-state index is -0.953. The molecule has 3 amide bonds. The van der Waals surface area contributed by atoms with Gasteiger partial charge in [-0.15, -0.1) is 0 Å². The number of carbonyl (C=O) groups excluding carboxylic acids is 3. The summed E-state index contributed by atoms with van der Waals surface area (Å²) in [5.74, 6) is -1.37. The zero-order valence-corrected chi connectivity index (χ0v) is 14.8. The Balaban J connectivity index is 1.67. The lowest BCUT2D eigenvalue weighted by atomic mass is 10.1. The van der Waals surface area contributed by atoms with E-state index < -0.39 is 29.8 Å². The number of nitrogens with zero attached hydrogens (tertiary/aromatic N) is 1. The lowest BCUT2D eigenvalue weighted by Crippen LogP contribution is -2.45. The van der Waals surface area contributed by atoms with Crippen molar-refractivity contribution >= 4 is 23.6 Å². The number of hydrogen-bond donors (Lipinski definition) is 1. The van der Waals surface area contributed by atoms with Gasteiger partial charge in [0.05, 0.1) is 0 Å². The van der Waals surface area contributed by atoms with Crippen molar-refractivity contribution in [3.63, 3.8) is 0 Å². The predicted molar refractivity (Wildman–Crippen MR) is 96.3 cm³/mol. The number of likely N-dealkylation sites (tertiary alicyclic amines) is 1. The molecule has 0 saturated carbocycles. The first-order valence-electron chi connectivity index (χ1n) is 8.55. The van der Waals surface area contributed by atoms with E-state index in [1.54, 1.807) is 19.1 Å². The number of rotatable bonds is 4. The second kappa shape index (κ2) is 7.99. The van der Waals surface area contributed by atoms with Crippen molar-refractivity contribution in [3.05, 3.63) is 65.5 Å². The molecule has 1 N–H and O–H groups in total. The fourth-order valence-electron chi connectivity index (χ4n) is 2.93. The third kappa shape index (κ3) is 4.31. The van der Waals surface area contributed by atoms with E-state index in [9.17, 15) is 18.8 Å². The number of ether oxygens (including phenoxy) is 1. The van der Waals surface area contributed by atoms with Crippen LogP contribution in [0.5, 0.6) is 0 Å². The molecule has 1 atom stereocenters. The quantitative estimate of drug-likeness (QED) is 0.895. The van der Waals surface area contributed by atoms with Gasteiger partial charge in [-0.2, -0.15) is 0 Å². The molecule has 0 unspecified atom stereocenters. The van der Waals surface area contributed by atoms with Gasteiger partial charge in [-0.05, 0) is 42.7 Å². The molecule has 0 aliphatic carbocycles. The molecule has 1 fully saturated rings. The van der Waals surface area contributed by atoms with E-state index in [2.05, 4.69) is 5.32 Å². The van der Waals surface area contributed by atoms with Crippen molar-refractivity contribution in [2.24, 2.45) is 0 Å². The maximum atomic E-state index is 13.2. The Labute approximate surface area is 155 Å². The van der Waals surface area contributed by atoms with E-state index in [0.717, 1.165) is 10.5 Å². The van der Waals surface area contributed by atoms with Gasteiger partial charge >= 0.3 is 6.09 Å². The molecule has 27 heavy (non-hydrogen) atoms. The van der Waals surface area contributed by atoms with Gasteiger partial charge in [0, 0.05) is 12.1 Å². The first-order chi connectivity index (χ1) is 13.0. The summed E-state index contributed by atoms with van der Waals surface area (Å²) in [6, 6.07) is 12.1. The number of aryl methyl sites for hydroxylation is 1. The third-order valence-electron chi connectivity index (χ3n) is 4.36. The Kier molecular flexibility index (Phi) is 5.49. The largest absolute Gasteiger partial charge is 0.444 e. The maximum Gasteiger partial charge on any atom is 0.417 e. The summed E-state index contributed by atoms with van der Waals surface area (Å²) >= 11 is 0. The second-order valence-corrected chi connectivity index (χ2v) is 6.31. The Morgan fingerprint density at radius 2 is 1.96 bits per heavy atom. The van der Waals surface area contributed by atoms with E-state index in [1.807, 2.05) is 18.2 Å². The summed E-state index contributed by atoms with van der Waals surface area (Å²) in [7, 11) is 0. The Morgan fingerprint density at radius 1 is 1.22 bits per heavy atom. The summed E-state index contributed by atoms with van der Waals surface area (Å²) in [5.41, 5.74) is 1.75. The number of halogens is 1. The van der Waals surface area contributed by atoms with Gasteiger partial charge in [0.25, 0.3) is 0 Å². The average molecular weight is 370 g/mol. The van der Waals surface area contributed by atoms with Crippen LogP contribution in [0.2, 0.25) is 0 Å². The smallest absolute Gasteiger partial charge is 0.417 e. The fourth-order valence-corrected chi connectivity index (χ4v) is 2.93. The predicted octanol–water partition coefficient (Wildman–Crippen LogP) is 3.40. The van der Waals surface area contributed by atoms with Crippen LogP contribution >= 0.6 is 0 Å². The van der Waals surface area contributed by atoms with E-state index in [-0.39, 0.29) is 19.4 Å². The lowest BCUT2D eigenvalue weighted by Gasteiger charge is -2.22. The van der Waals surface area contributed by atoms with Crippen LogP contribution in [0.25, 0.3) is 0 Å². The van der Waals surface area contributed by atoms with Crippen molar-refractivity contribution in [1.29, 1.82) is 0 Å². The fraction of sp³-hybridized carbons (Fsp3) is 0.250. The van der Waals surface area contributed by atoms with E-state index in [4.69, 9.17) is 4.74 Å². The molecule has 1 heterocycles. The first-order valence-corrected chi connectivity index (χ1v) is 8.55. The zero-order valence-electron chi connectivity index (χ0n) is 14.8. The van der Waals surface area contributed by atoms with E-state index in [1.165, 1.54) is 18.2 Å². The molecule has 0 radical (unpaired) electrons. The number of amides is 3. The van der Waals surface area contributed by atoms with Crippen LogP contribution in [0.15, 0.2) is 48.5 Å². The van der Waals surface area contributed by atoms with Crippen molar-refractivity contribution in [1.82, 2.24) is 4.90 Å².